The first-order valence-electron chi connectivity index (χ1n) is 9.45. The Balaban J connectivity index is 1.53. The predicted octanol–water partition coefficient (Wildman–Crippen LogP) is 4.29. The topological polar surface area (TPSA) is 59.4 Å². The van der Waals surface area contributed by atoms with Gasteiger partial charge >= 0.3 is 6.03 Å². The molecule has 6 nitrogen and oxygen atoms in total. The minimum Gasteiger partial charge on any atom is -0.381 e. The fourth-order valence-corrected chi connectivity index (χ4v) is 4.20. The van der Waals surface area contributed by atoms with E-state index in [4.69, 9.17) is 16.3 Å². The Kier molecular flexibility index (Phi) is 4.86. The van der Waals surface area contributed by atoms with Gasteiger partial charge in [-0.3, -0.25) is 0 Å². The van der Waals surface area contributed by atoms with E-state index in [0.29, 0.717) is 5.02 Å². The van der Waals surface area contributed by atoms with Gasteiger partial charge in [0.15, 0.2) is 0 Å². The average Bonchev–Trinajstić information content (AvgIpc) is 3.37. The molecule has 2 fully saturated rings. The van der Waals surface area contributed by atoms with E-state index in [1.54, 1.807) is 6.20 Å². The van der Waals surface area contributed by atoms with Crippen LogP contribution in [-0.2, 0) is 4.74 Å². The number of ether oxygens (including phenoxy) is 1. The van der Waals surface area contributed by atoms with E-state index in [1.165, 1.54) is 0 Å². The Bertz CT molecular complexity index is 825. The van der Waals surface area contributed by atoms with Gasteiger partial charge in [-0.1, -0.05) is 25.4 Å². The molecule has 1 aromatic carbocycles. The first kappa shape index (κ1) is 18.3. The molecule has 2 amide bonds. The molecule has 7 heteroatoms. The Morgan fingerprint density at radius 1 is 1.30 bits per heavy atom. The molecule has 0 bridgehead atoms. The highest BCUT2D eigenvalue weighted by molar-refractivity contribution is 6.30. The summed E-state index contributed by atoms with van der Waals surface area (Å²) in [6.07, 6.45) is 3.79. The number of rotatable bonds is 3. The summed E-state index contributed by atoms with van der Waals surface area (Å²) in [6, 6.07) is 7.48. The van der Waals surface area contributed by atoms with Crippen molar-refractivity contribution in [3.63, 3.8) is 0 Å². The number of urea groups is 1. The van der Waals surface area contributed by atoms with Crippen molar-refractivity contribution in [1.82, 2.24) is 14.7 Å². The zero-order valence-electron chi connectivity index (χ0n) is 15.7. The van der Waals surface area contributed by atoms with Gasteiger partial charge in [-0.15, -0.1) is 0 Å². The van der Waals surface area contributed by atoms with Crippen LogP contribution >= 0.6 is 11.6 Å². The molecule has 0 radical (unpaired) electrons. The van der Waals surface area contributed by atoms with Crippen molar-refractivity contribution in [2.75, 3.05) is 31.6 Å². The molecular formula is C20H25ClN4O2. The van der Waals surface area contributed by atoms with Crippen LogP contribution in [0, 0.1) is 5.41 Å². The van der Waals surface area contributed by atoms with Gasteiger partial charge in [0.05, 0.1) is 29.9 Å². The molecule has 0 saturated carbocycles. The molecule has 1 N–H and O–H groups in total. The first-order valence-corrected chi connectivity index (χ1v) is 9.83. The zero-order chi connectivity index (χ0) is 19.0. The highest BCUT2D eigenvalue weighted by Crippen LogP contribution is 2.38. The number of anilines is 1. The summed E-state index contributed by atoms with van der Waals surface area (Å²) in [5.74, 6) is 0.201. The summed E-state index contributed by atoms with van der Waals surface area (Å²) in [5, 5.41) is 8.27. The second kappa shape index (κ2) is 7.17. The molecule has 144 valence electrons. The lowest BCUT2D eigenvalue weighted by Crippen LogP contribution is -2.35. The van der Waals surface area contributed by atoms with E-state index >= 15 is 0 Å². The van der Waals surface area contributed by atoms with E-state index in [0.717, 1.165) is 56.2 Å². The van der Waals surface area contributed by atoms with Crippen LogP contribution in [0.4, 0.5) is 10.5 Å². The Morgan fingerprint density at radius 2 is 2.07 bits per heavy atom. The van der Waals surface area contributed by atoms with Crippen LogP contribution in [0.2, 0.25) is 5.02 Å². The van der Waals surface area contributed by atoms with Crippen molar-refractivity contribution in [1.29, 1.82) is 0 Å². The molecule has 2 aliphatic rings. The standard InChI is InChI=1S/C20H25ClN4O2/c1-14(2)18-17(11-22-25(18)16-5-3-15(21)4-6-16)23-19(26)24-9-7-20(12-24)8-10-27-13-20/h3-6,11,14H,7-10,12-13H2,1-2H3,(H,23,26)/t20-/m0/s1. The summed E-state index contributed by atoms with van der Waals surface area (Å²) in [5.41, 5.74) is 2.82. The van der Waals surface area contributed by atoms with E-state index in [1.807, 2.05) is 33.8 Å². The van der Waals surface area contributed by atoms with Gasteiger partial charge < -0.3 is 15.0 Å². The number of nitrogens with zero attached hydrogens (tertiary/aromatic N) is 3. The highest BCUT2D eigenvalue weighted by atomic mass is 35.5. The summed E-state index contributed by atoms with van der Waals surface area (Å²) < 4.78 is 7.43. The van der Waals surface area contributed by atoms with E-state index < -0.39 is 0 Å². The van der Waals surface area contributed by atoms with Gasteiger partial charge in [0.1, 0.15) is 0 Å². The number of hydrogen-bond donors (Lipinski definition) is 1. The number of halogens is 1. The number of amides is 2. The predicted molar refractivity (Wildman–Crippen MR) is 106 cm³/mol. The third-order valence-corrected chi connectivity index (χ3v) is 5.83. The minimum atomic E-state index is -0.0590. The number of aromatic nitrogens is 2. The van der Waals surface area contributed by atoms with Crippen LogP contribution < -0.4 is 5.32 Å². The maximum absolute atomic E-state index is 12.8. The summed E-state index contributed by atoms with van der Waals surface area (Å²) in [4.78, 5) is 14.7. The number of nitrogens with one attached hydrogen (secondary N) is 1. The van der Waals surface area contributed by atoms with Crippen molar-refractivity contribution < 1.29 is 9.53 Å². The normalized spacial score (nSPS) is 22.1. The second-order valence-corrected chi connectivity index (χ2v) is 8.33. The third-order valence-electron chi connectivity index (χ3n) is 5.58. The number of carbonyl (C=O) groups excluding carboxylic acids is 1. The molecule has 2 aliphatic heterocycles. The third kappa shape index (κ3) is 3.56. The Labute approximate surface area is 164 Å². The number of carbonyl (C=O) groups is 1. The summed E-state index contributed by atoms with van der Waals surface area (Å²) in [6.45, 7) is 7.31. The van der Waals surface area contributed by atoms with Gasteiger partial charge in [0.2, 0.25) is 0 Å². The Morgan fingerprint density at radius 3 is 2.74 bits per heavy atom. The SMILES string of the molecule is CC(C)c1c(NC(=O)N2CC[C@]3(CCOC3)C2)cnn1-c1ccc(Cl)cc1. The highest BCUT2D eigenvalue weighted by Gasteiger charge is 2.42. The largest absolute Gasteiger partial charge is 0.381 e. The smallest absolute Gasteiger partial charge is 0.321 e. The molecule has 1 atom stereocenters. The minimum absolute atomic E-state index is 0.0590. The fourth-order valence-electron chi connectivity index (χ4n) is 4.07. The summed E-state index contributed by atoms with van der Waals surface area (Å²) in [7, 11) is 0. The molecule has 1 aromatic heterocycles. The molecule has 1 spiro atoms. The monoisotopic (exact) mass is 388 g/mol. The Hall–Kier alpha value is -2.05. The zero-order valence-corrected chi connectivity index (χ0v) is 16.5. The van der Waals surface area contributed by atoms with Crippen molar-refractivity contribution >= 4 is 23.3 Å². The molecule has 2 aromatic rings. The molecule has 4 rings (SSSR count). The first-order chi connectivity index (χ1) is 13.0. The molecule has 3 heterocycles. The van der Waals surface area contributed by atoms with Crippen molar-refractivity contribution in [3.05, 3.63) is 41.2 Å². The summed E-state index contributed by atoms with van der Waals surface area (Å²) >= 11 is 6.00. The molecule has 0 aliphatic carbocycles. The average molecular weight is 389 g/mol. The van der Waals surface area contributed by atoms with Crippen LogP contribution in [0.3, 0.4) is 0 Å². The second-order valence-electron chi connectivity index (χ2n) is 7.89. The van der Waals surface area contributed by atoms with Gasteiger partial charge in [-0.25, -0.2) is 9.48 Å². The van der Waals surface area contributed by atoms with Crippen molar-refractivity contribution in [2.45, 2.75) is 32.6 Å². The lowest BCUT2D eigenvalue weighted by atomic mass is 9.87. The van der Waals surface area contributed by atoms with Crippen molar-refractivity contribution in [2.24, 2.45) is 5.41 Å². The fraction of sp³-hybridized carbons (Fsp3) is 0.500. The van der Waals surface area contributed by atoms with E-state index in [-0.39, 0.29) is 17.4 Å². The van der Waals surface area contributed by atoms with Crippen molar-refractivity contribution in [3.8, 4) is 5.69 Å². The van der Waals surface area contributed by atoms with Gasteiger partial charge in [0.25, 0.3) is 0 Å². The van der Waals surface area contributed by atoms with Gasteiger partial charge in [-0.05, 0) is 43.0 Å². The molecule has 27 heavy (non-hydrogen) atoms. The van der Waals surface area contributed by atoms with Crippen LogP contribution in [0.15, 0.2) is 30.5 Å². The number of hydrogen-bond acceptors (Lipinski definition) is 3. The van der Waals surface area contributed by atoms with Crippen LogP contribution in [0.5, 0.6) is 0 Å². The quantitative estimate of drug-likeness (QED) is 0.853. The van der Waals surface area contributed by atoms with E-state index in [2.05, 4.69) is 24.3 Å². The lowest BCUT2D eigenvalue weighted by molar-refractivity contribution is 0.154. The van der Waals surface area contributed by atoms with Crippen LogP contribution in [-0.4, -0.2) is 47.0 Å². The van der Waals surface area contributed by atoms with Gasteiger partial charge in [0, 0.05) is 30.1 Å². The molecule has 0 unspecified atom stereocenters. The lowest BCUT2D eigenvalue weighted by Gasteiger charge is -2.22. The van der Waals surface area contributed by atoms with Crippen LogP contribution in [0.1, 0.15) is 38.3 Å². The van der Waals surface area contributed by atoms with Gasteiger partial charge in [-0.2, -0.15) is 5.10 Å². The maximum atomic E-state index is 12.8. The van der Waals surface area contributed by atoms with Crippen LogP contribution in [0.25, 0.3) is 5.69 Å². The van der Waals surface area contributed by atoms with E-state index in [9.17, 15) is 4.79 Å². The maximum Gasteiger partial charge on any atom is 0.321 e. The number of likely N-dealkylation sites (tertiary alicyclic amines) is 1. The molecular weight excluding hydrogens is 364 g/mol. The molecule has 2 saturated heterocycles. The number of benzene rings is 1.